The maximum absolute atomic E-state index is 5.39. The average Bonchev–Trinajstić information content (AvgIpc) is 1.97. The van der Waals surface area contributed by atoms with E-state index in [0.717, 1.165) is 6.54 Å². The van der Waals surface area contributed by atoms with E-state index < -0.39 is 0 Å². The fourth-order valence-corrected chi connectivity index (χ4v) is 1.20. The highest BCUT2D eigenvalue weighted by Gasteiger charge is 2.07. The van der Waals surface area contributed by atoms with E-state index in [9.17, 15) is 0 Å². The number of rotatable bonds is 5. The highest BCUT2D eigenvalue weighted by atomic mass is 35.5. The monoisotopic (exact) mass is 175 g/mol. The van der Waals surface area contributed by atoms with E-state index in [1.165, 1.54) is 6.42 Å². The molecule has 0 radical (unpaired) electrons. The Kier molecular flexibility index (Phi) is 6.68. The second-order valence-electron chi connectivity index (χ2n) is 3.03. The molecule has 11 heavy (non-hydrogen) atoms. The summed E-state index contributed by atoms with van der Waals surface area (Å²) in [6, 6.07) is 0.614. The third kappa shape index (κ3) is 5.28. The van der Waals surface area contributed by atoms with E-state index in [1.54, 1.807) is 5.54 Å². The van der Waals surface area contributed by atoms with Crippen LogP contribution in [0.15, 0.2) is 11.6 Å². The molecule has 1 atom stereocenters. The summed E-state index contributed by atoms with van der Waals surface area (Å²) < 4.78 is 0. The van der Waals surface area contributed by atoms with Gasteiger partial charge >= 0.3 is 0 Å². The first kappa shape index (κ1) is 11.0. The summed E-state index contributed by atoms with van der Waals surface area (Å²) in [6.07, 6.45) is 3.10. The van der Waals surface area contributed by atoms with Gasteiger partial charge < -0.3 is 5.32 Å². The molecular weight excluding hydrogens is 158 g/mol. The van der Waals surface area contributed by atoms with Crippen LogP contribution in [-0.4, -0.2) is 12.6 Å². The summed E-state index contributed by atoms with van der Waals surface area (Å²) in [5.74, 6) is 0.698. The minimum atomic E-state index is 0.614. The van der Waals surface area contributed by atoms with Gasteiger partial charge in [-0.3, -0.25) is 0 Å². The van der Waals surface area contributed by atoms with Crippen LogP contribution in [0.2, 0.25) is 0 Å². The fraction of sp³-hybridized carbons (Fsp3) is 0.778. The molecule has 0 aliphatic heterocycles. The standard InChI is InChI=1S/C9H18ClN/c1-4-9(8(2)3)11-7-5-6-10/h5-6,8-9,11H,4,7H2,1-3H3/b6-5+. The molecule has 0 aliphatic rings. The molecule has 1 N–H and O–H groups in total. The molecule has 0 amide bonds. The molecule has 0 heterocycles. The summed E-state index contributed by atoms with van der Waals surface area (Å²) in [7, 11) is 0. The Labute approximate surface area is 74.8 Å². The van der Waals surface area contributed by atoms with Gasteiger partial charge in [-0.15, -0.1) is 0 Å². The van der Waals surface area contributed by atoms with Gasteiger partial charge in [0.1, 0.15) is 0 Å². The summed E-state index contributed by atoms with van der Waals surface area (Å²) in [6.45, 7) is 7.53. The highest BCUT2D eigenvalue weighted by molar-refractivity contribution is 6.25. The van der Waals surface area contributed by atoms with Crippen LogP contribution in [0.4, 0.5) is 0 Å². The van der Waals surface area contributed by atoms with Crippen molar-refractivity contribution in [2.24, 2.45) is 5.92 Å². The third-order valence-electron chi connectivity index (χ3n) is 1.83. The second kappa shape index (κ2) is 6.68. The van der Waals surface area contributed by atoms with Crippen molar-refractivity contribution < 1.29 is 0 Å². The maximum Gasteiger partial charge on any atom is 0.0149 e. The number of hydrogen-bond donors (Lipinski definition) is 1. The lowest BCUT2D eigenvalue weighted by atomic mass is 10.0. The lowest BCUT2D eigenvalue weighted by molar-refractivity contribution is 0.404. The molecule has 66 valence electrons. The molecule has 0 aromatic rings. The predicted octanol–water partition coefficient (Wildman–Crippen LogP) is 2.76. The fourth-order valence-electron chi connectivity index (χ4n) is 1.12. The Hall–Kier alpha value is -0.0100. The van der Waals surface area contributed by atoms with Crippen LogP contribution in [0.5, 0.6) is 0 Å². The van der Waals surface area contributed by atoms with Crippen LogP contribution in [-0.2, 0) is 0 Å². The van der Waals surface area contributed by atoms with Crippen molar-refractivity contribution in [3.8, 4) is 0 Å². The molecule has 0 rings (SSSR count). The van der Waals surface area contributed by atoms with Gasteiger partial charge in [-0.25, -0.2) is 0 Å². The van der Waals surface area contributed by atoms with Gasteiger partial charge in [0, 0.05) is 18.1 Å². The molecule has 0 aromatic carbocycles. The molecule has 0 saturated carbocycles. The molecule has 1 unspecified atom stereocenters. The minimum absolute atomic E-state index is 0.614. The molecule has 0 bridgehead atoms. The van der Waals surface area contributed by atoms with Crippen molar-refractivity contribution in [1.82, 2.24) is 5.32 Å². The molecule has 1 nitrogen and oxygen atoms in total. The first-order valence-electron chi connectivity index (χ1n) is 4.21. The van der Waals surface area contributed by atoms with Gasteiger partial charge in [0.05, 0.1) is 0 Å². The number of halogens is 1. The van der Waals surface area contributed by atoms with Crippen molar-refractivity contribution >= 4 is 11.6 Å². The van der Waals surface area contributed by atoms with Gasteiger partial charge in [0.15, 0.2) is 0 Å². The van der Waals surface area contributed by atoms with Crippen LogP contribution in [0, 0.1) is 5.92 Å². The predicted molar refractivity (Wildman–Crippen MR) is 51.9 cm³/mol. The van der Waals surface area contributed by atoms with Gasteiger partial charge in [0.2, 0.25) is 0 Å². The van der Waals surface area contributed by atoms with Gasteiger partial charge in [0.25, 0.3) is 0 Å². The zero-order chi connectivity index (χ0) is 8.69. The van der Waals surface area contributed by atoms with Crippen LogP contribution in [0.1, 0.15) is 27.2 Å². The summed E-state index contributed by atoms with van der Waals surface area (Å²) >= 11 is 5.39. The minimum Gasteiger partial charge on any atom is -0.310 e. The first-order valence-corrected chi connectivity index (χ1v) is 4.64. The van der Waals surface area contributed by atoms with Gasteiger partial charge in [-0.2, -0.15) is 0 Å². The lowest BCUT2D eigenvalue weighted by Gasteiger charge is -2.19. The quantitative estimate of drug-likeness (QED) is 0.678. The third-order valence-corrected chi connectivity index (χ3v) is 2.01. The Morgan fingerprint density at radius 3 is 2.45 bits per heavy atom. The lowest BCUT2D eigenvalue weighted by Crippen LogP contribution is -2.33. The molecular formula is C9H18ClN. The van der Waals surface area contributed by atoms with Crippen molar-refractivity contribution in [2.45, 2.75) is 33.2 Å². The smallest absolute Gasteiger partial charge is 0.0149 e. The Bertz CT molecular complexity index is 110. The Balaban J connectivity index is 3.52. The van der Waals surface area contributed by atoms with Gasteiger partial charge in [-0.1, -0.05) is 38.4 Å². The normalized spacial score (nSPS) is 14.6. The topological polar surface area (TPSA) is 12.0 Å². The largest absolute Gasteiger partial charge is 0.310 e. The highest BCUT2D eigenvalue weighted by Crippen LogP contribution is 2.04. The van der Waals surface area contributed by atoms with Gasteiger partial charge in [-0.05, 0) is 12.3 Å². The molecule has 0 aliphatic carbocycles. The van der Waals surface area contributed by atoms with Crippen molar-refractivity contribution in [1.29, 1.82) is 0 Å². The molecule has 0 aromatic heterocycles. The second-order valence-corrected chi connectivity index (χ2v) is 3.28. The van der Waals surface area contributed by atoms with E-state index in [1.807, 2.05) is 6.08 Å². The zero-order valence-corrected chi connectivity index (χ0v) is 8.36. The Morgan fingerprint density at radius 2 is 2.09 bits per heavy atom. The molecule has 0 saturated heterocycles. The summed E-state index contributed by atoms with van der Waals surface area (Å²) in [4.78, 5) is 0. The molecule has 0 fully saturated rings. The van der Waals surface area contributed by atoms with E-state index >= 15 is 0 Å². The van der Waals surface area contributed by atoms with E-state index in [4.69, 9.17) is 11.6 Å². The molecule has 2 heteroatoms. The van der Waals surface area contributed by atoms with E-state index in [2.05, 4.69) is 26.1 Å². The zero-order valence-electron chi connectivity index (χ0n) is 7.60. The Morgan fingerprint density at radius 1 is 1.45 bits per heavy atom. The van der Waals surface area contributed by atoms with E-state index in [0.29, 0.717) is 12.0 Å². The number of hydrogen-bond acceptors (Lipinski definition) is 1. The summed E-state index contributed by atoms with van der Waals surface area (Å²) in [5, 5.41) is 3.40. The SMILES string of the molecule is CCC(NC/C=C/Cl)C(C)C. The number of nitrogens with one attached hydrogen (secondary N) is 1. The summed E-state index contributed by atoms with van der Waals surface area (Å²) in [5.41, 5.74) is 1.56. The van der Waals surface area contributed by atoms with Crippen molar-refractivity contribution in [3.05, 3.63) is 11.6 Å². The van der Waals surface area contributed by atoms with Crippen LogP contribution in [0.3, 0.4) is 0 Å². The van der Waals surface area contributed by atoms with E-state index in [-0.39, 0.29) is 0 Å². The van der Waals surface area contributed by atoms with Crippen molar-refractivity contribution in [3.63, 3.8) is 0 Å². The molecule has 0 spiro atoms. The maximum atomic E-state index is 5.39. The first-order chi connectivity index (χ1) is 5.22. The van der Waals surface area contributed by atoms with Crippen LogP contribution < -0.4 is 5.32 Å². The van der Waals surface area contributed by atoms with Crippen LogP contribution >= 0.6 is 11.6 Å². The van der Waals surface area contributed by atoms with Crippen LogP contribution in [0.25, 0.3) is 0 Å². The average molecular weight is 176 g/mol. The van der Waals surface area contributed by atoms with Crippen molar-refractivity contribution in [2.75, 3.05) is 6.54 Å².